The van der Waals surface area contributed by atoms with E-state index < -0.39 is 10.0 Å². The first-order valence-electron chi connectivity index (χ1n) is 9.24. The highest BCUT2D eigenvalue weighted by Gasteiger charge is 2.17. The molecule has 0 radical (unpaired) electrons. The van der Waals surface area contributed by atoms with Crippen LogP contribution in [0.25, 0.3) is 34.3 Å². The first kappa shape index (κ1) is 19.1. The molecule has 29 heavy (non-hydrogen) atoms. The van der Waals surface area contributed by atoms with Crippen molar-refractivity contribution in [2.75, 3.05) is 7.05 Å². The summed E-state index contributed by atoms with van der Waals surface area (Å²) >= 11 is 0. The van der Waals surface area contributed by atoms with Crippen LogP contribution in [0.4, 0.5) is 0 Å². The Labute approximate surface area is 170 Å². The zero-order valence-electron chi connectivity index (χ0n) is 16.2. The third kappa shape index (κ3) is 3.99. The second-order valence-electron chi connectivity index (χ2n) is 6.80. The second kappa shape index (κ2) is 7.66. The molecule has 1 aromatic heterocycles. The molecule has 2 N–H and O–H groups in total. The lowest BCUT2D eigenvalue weighted by atomic mass is 10.1. The molecule has 0 aliphatic carbocycles. The minimum Gasteiger partial charge on any atom is -0.338 e. The molecular formula is C23H21N3O2S. The minimum atomic E-state index is -3.56. The number of hydrogen-bond donors (Lipinski definition) is 2. The summed E-state index contributed by atoms with van der Waals surface area (Å²) < 4.78 is 27.1. The number of aromatic nitrogens is 2. The molecule has 1 heterocycles. The van der Waals surface area contributed by atoms with Crippen molar-refractivity contribution in [3.63, 3.8) is 0 Å². The Morgan fingerprint density at radius 3 is 2.48 bits per heavy atom. The van der Waals surface area contributed by atoms with Crippen LogP contribution in [0.2, 0.25) is 0 Å². The standard InChI is InChI=1S/C23H21N3O2S/c1-16-7-9-17(10-8-16)11-14-23-25-20-13-12-18(15-21(20)26-23)19-5-3-4-6-22(19)29(27,28)24-2/h3-15,24H,1-2H3,(H,25,26). The van der Waals surface area contributed by atoms with Gasteiger partial charge >= 0.3 is 0 Å². The molecule has 0 saturated carbocycles. The van der Waals surface area contributed by atoms with Gasteiger partial charge in [0.25, 0.3) is 0 Å². The number of aryl methyl sites for hydroxylation is 1. The highest BCUT2D eigenvalue weighted by Crippen LogP contribution is 2.29. The van der Waals surface area contributed by atoms with E-state index in [4.69, 9.17) is 0 Å². The summed E-state index contributed by atoms with van der Waals surface area (Å²) in [5.41, 5.74) is 5.44. The summed E-state index contributed by atoms with van der Waals surface area (Å²) in [6, 6.07) is 20.9. The normalized spacial score (nSPS) is 12.1. The van der Waals surface area contributed by atoms with Crippen LogP contribution >= 0.6 is 0 Å². The van der Waals surface area contributed by atoms with Crippen molar-refractivity contribution in [1.29, 1.82) is 0 Å². The Bertz CT molecular complexity index is 1300. The van der Waals surface area contributed by atoms with Crippen molar-refractivity contribution in [2.24, 2.45) is 0 Å². The Morgan fingerprint density at radius 2 is 1.72 bits per heavy atom. The number of hydrogen-bond acceptors (Lipinski definition) is 3. The van der Waals surface area contributed by atoms with Crippen molar-refractivity contribution in [2.45, 2.75) is 11.8 Å². The number of nitrogens with zero attached hydrogens (tertiary/aromatic N) is 1. The van der Waals surface area contributed by atoms with Crippen LogP contribution in [-0.2, 0) is 10.0 Å². The van der Waals surface area contributed by atoms with E-state index in [1.807, 2.05) is 36.4 Å². The molecule has 0 amide bonds. The van der Waals surface area contributed by atoms with Crippen molar-refractivity contribution in [1.82, 2.24) is 14.7 Å². The van der Waals surface area contributed by atoms with Gasteiger partial charge in [-0.1, -0.05) is 60.2 Å². The van der Waals surface area contributed by atoms with E-state index >= 15 is 0 Å². The Morgan fingerprint density at radius 1 is 0.966 bits per heavy atom. The zero-order valence-corrected chi connectivity index (χ0v) is 17.0. The molecule has 0 fully saturated rings. The van der Waals surface area contributed by atoms with Crippen LogP contribution in [0.15, 0.2) is 71.6 Å². The summed E-state index contributed by atoms with van der Waals surface area (Å²) in [5, 5.41) is 0. The summed E-state index contributed by atoms with van der Waals surface area (Å²) in [6.45, 7) is 2.06. The SMILES string of the molecule is CNS(=O)(=O)c1ccccc1-c1ccc2[nH]c(C=Cc3ccc(C)cc3)nc2c1. The van der Waals surface area contributed by atoms with Crippen molar-refractivity contribution in [3.8, 4) is 11.1 Å². The Hall–Kier alpha value is -3.22. The molecule has 0 aliphatic rings. The molecule has 0 bridgehead atoms. The topological polar surface area (TPSA) is 74.8 Å². The van der Waals surface area contributed by atoms with Gasteiger partial charge in [-0.05, 0) is 49.4 Å². The molecule has 0 atom stereocenters. The van der Waals surface area contributed by atoms with Crippen LogP contribution in [0, 0.1) is 6.92 Å². The maximum absolute atomic E-state index is 12.4. The summed E-state index contributed by atoms with van der Waals surface area (Å²) in [4.78, 5) is 8.17. The predicted octanol–water partition coefficient (Wildman–Crippen LogP) is 4.62. The molecule has 6 heteroatoms. The van der Waals surface area contributed by atoms with Crippen molar-refractivity contribution in [3.05, 3.63) is 83.7 Å². The summed E-state index contributed by atoms with van der Waals surface area (Å²) in [7, 11) is -2.14. The van der Waals surface area contributed by atoms with Gasteiger partial charge < -0.3 is 4.98 Å². The lowest BCUT2D eigenvalue weighted by Crippen LogP contribution is -2.19. The van der Waals surface area contributed by atoms with Crippen molar-refractivity contribution < 1.29 is 8.42 Å². The molecule has 3 aromatic carbocycles. The molecule has 0 aliphatic heterocycles. The quantitative estimate of drug-likeness (QED) is 0.511. The van der Waals surface area contributed by atoms with Gasteiger partial charge in [-0.25, -0.2) is 18.1 Å². The van der Waals surface area contributed by atoms with Gasteiger partial charge in [-0.2, -0.15) is 0 Å². The number of rotatable bonds is 5. The molecule has 4 rings (SSSR count). The fourth-order valence-corrected chi connectivity index (χ4v) is 4.13. The number of aromatic amines is 1. The number of fused-ring (bicyclic) bond motifs is 1. The van der Waals surface area contributed by atoms with Crippen LogP contribution in [-0.4, -0.2) is 25.4 Å². The largest absolute Gasteiger partial charge is 0.338 e. The molecule has 4 aromatic rings. The van der Waals surface area contributed by atoms with E-state index in [1.54, 1.807) is 18.2 Å². The molecular weight excluding hydrogens is 382 g/mol. The maximum atomic E-state index is 12.4. The number of imidazole rings is 1. The third-order valence-corrected chi connectivity index (χ3v) is 6.24. The van der Waals surface area contributed by atoms with Gasteiger partial charge in [-0.15, -0.1) is 0 Å². The van der Waals surface area contributed by atoms with E-state index in [-0.39, 0.29) is 4.90 Å². The van der Waals surface area contributed by atoms with E-state index in [9.17, 15) is 8.42 Å². The number of H-pyrrole nitrogens is 1. The van der Waals surface area contributed by atoms with Crippen LogP contribution in [0.3, 0.4) is 0 Å². The molecule has 0 spiro atoms. The van der Waals surface area contributed by atoms with Crippen molar-refractivity contribution >= 4 is 33.2 Å². The van der Waals surface area contributed by atoms with Gasteiger partial charge in [0.1, 0.15) is 5.82 Å². The predicted molar refractivity (Wildman–Crippen MR) is 118 cm³/mol. The first-order chi connectivity index (χ1) is 14.0. The van der Waals surface area contributed by atoms with E-state index in [1.165, 1.54) is 12.6 Å². The molecule has 0 unspecified atom stereocenters. The monoisotopic (exact) mass is 403 g/mol. The number of nitrogens with one attached hydrogen (secondary N) is 2. The lowest BCUT2D eigenvalue weighted by Gasteiger charge is -2.09. The van der Waals surface area contributed by atoms with Gasteiger partial charge in [0.15, 0.2) is 0 Å². The van der Waals surface area contributed by atoms with E-state index in [2.05, 4.69) is 45.9 Å². The minimum absolute atomic E-state index is 0.247. The van der Waals surface area contributed by atoms with Gasteiger partial charge in [0.2, 0.25) is 10.0 Å². The highest BCUT2D eigenvalue weighted by atomic mass is 32.2. The summed E-state index contributed by atoms with van der Waals surface area (Å²) in [6.07, 6.45) is 3.94. The number of sulfonamides is 1. The lowest BCUT2D eigenvalue weighted by molar-refractivity contribution is 0.588. The first-order valence-corrected chi connectivity index (χ1v) is 10.7. The van der Waals surface area contributed by atoms with Gasteiger partial charge in [0.05, 0.1) is 15.9 Å². The zero-order chi connectivity index (χ0) is 20.4. The highest BCUT2D eigenvalue weighted by molar-refractivity contribution is 7.89. The fourth-order valence-electron chi connectivity index (χ4n) is 3.17. The molecule has 146 valence electrons. The maximum Gasteiger partial charge on any atom is 0.240 e. The average Bonchev–Trinajstić information content (AvgIpc) is 3.15. The second-order valence-corrected chi connectivity index (χ2v) is 8.66. The molecule has 5 nitrogen and oxygen atoms in total. The third-order valence-electron chi connectivity index (χ3n) is 4.77. The van der Waals surface area contributed by atoms with Gasteiger partial charge in [-0.3, -0.25) is 0 Å². The smallest absolute Gasteiger partial charge is 0.240 e. The van der Waals surface area contributed by atoms with Gasteiger partial charge in [0, 0.05) is 5.56 Å². The fraction of sp³-hybridized carbons (Fsp3) is 0.0870. The van der Waals surface area contributed by atoms with E-state index in [0.29, 0.717) is 5.56 Å². The Balaban J connectivity index is 1.71. The molecule has 0 saturated heterocycles. The van der Waals surface area contributed by atoms with Crippen LogP contribution in [0.5, 0.6) is 0 Å². The number of benzene rings is 3. The Kier molecular flexibility index (Phi) is 5.05. The van der Waals surface area contributed by atoms with E-state index in [0.717, 1.165) is 28.0 Å². The summed E-state index contributed by atoms with van der Waals surface area (Å²) in [5.74, 6) is 0.744. The average molecular weight is 404 g/mol. The van der Waals surface area contributed by atoms with Crippen LogP contribution < -0.4 is 4.72 Å². The van der Waals surface area contributed by atoms with Crippen LogP contribution in [0.1, 0.15) is 17.0 Å².